The standard InChI is InChI=1S/C17H16FNO2/c1-21-17(20)15-10-13(18)6-7-16(15)19-14-8-11-4-2-3-5-12(11)9-14/h2-7,10,14,19H,8-9H2,1H3. The van der Waals surface area contributed by atoms with Gasteiger partial charge in [-0.3, -0.25) is 0 Å². The lowest BCUT2D eigenvalue weighted by Crippen LogP contribution is -2.21. The number of hydrogen-bond donors (Lipinski definition) is 1. The first kappa shape index (κ1) is 13.6. The molecular weight excluding hydrogens is 269 g/mol. The van der Waals surface area contributed by atoms with Crippen LogP contribution in [0.1, 0.15) is 21.5 Å². The van der Waals surface area contributed by atoms with Gasteiger partial charge < -0.3 is 10.1 Å². The number of carbonyl (C=O) groups excluding carboxylic acids is 1. The Bertz CT molecular complexity index is 659. The second-order valence-corrected chi connectivity index (χ2v) is 5.20. The molecule has 0 amide bonds. The third kappa shape index (κ3) is 2.75. The van der Waals surface area contributed by atoms with Crippen molar-refractivity contribution in [1.82, 2.24) is 0 Å². The minimum absolute atomic E-state index is 0.205. The Hall–Kier alpha value is -2.36. The van der Waals surface area contributed by atoms with E-state index >= 15 is 0 Å². The van der Waals surface area contributed by atoms with Gasteiger partial charge in [0.2, 0.25) is 0 Å². The molecular formula is C17H16FNO2. The highest BCUT2D eigenvalue weighted by atomic mass is 19.1. The van der Waals surface area contributed by atoms with E-state index in [1.807, 2.05) is 12.1 Å². The number of halogens is 1. The van der Waals surface area contributed by atoms with Crippen LogP contribution < -0.4 is 5.32 Å². The number of fused-ring (bicyclic) bond motifs is 1. The molecule has 2 aromatic carbocycles. The molecule has 1 aliphatic rings. The van der Waals surface area contributed by atoms with Crippen molar-refractivity contribution >= 4 is 11.7 Å². The number of hydrogen-bond acceptors (Lipinski definition) is 3. The molecule has 0 saturated carbocycles. The zero-order valence-electron chi connectivity index (χ0n) is 11.7. The van der Waals surface area contributed by atoms with Gasteiger partial charge in [-0.2, -0.15) is 0 Å². The zero-order chi connectivity index (χ0) is 14.8. The maximum atomic E-state index is 13.3. The van der Waals surface area contributed by atoms with Crippen molar-refractivity contribution in [3.63, 3.8) is 0 Å². The first-order valence-corrected chi connectivity index (χ1v) is 6.88. The van der Waals surface area contributed by atoms with Crippen molar-refractivity contribution < 1.29 is 13.9 Å². The van der Waals surface area contributed by atoms with Gasteiger partial charge in [0.05, 0.1) is 12.7 Å². The number of ether oxygens (including phenoxy) is 1. The SMILES string of the molecule is COC(=O)c1cc(F)ccc1NC1Cc2ccccc2C1. The Morgan fingerprint density at radius 1 is 1.19 bits per heavy atom. The predicted molar refractivity (Wildman–Crippen MR) is 79.0 cm³/mol. The van der Waals surface area contributed by atoms with Gasteiger partial charge in [-0.1, -0.05) is 24.3 Å². The van der Waals surface area contributed by atoms with Crippen molar-refractivity contribution in [3.05, 3.63) is 65.0 Å². The summed E-state index contributed by atoms with van der Waals surface area (Å²) < 4.78 is 18.0. The third-order valence-electron chi connectivity index (χ3n) is 3.80. The van der Waals surface area contributed by atoms with Crippen molar-refractivity contribution in [2.45, 2.75) is 18.9 Å². The van der Waals surface area contributed by atoms with Crippen LogP contribution in [-0.2, 0) is 17.6 Å². The van der Waals surface area contributed by atoms with Gasteiger partial charge in [-0.25, -0.2) is 9.18 Å². The lowest BCUT2D eigenvalue weighted by molar-refractivity contribution is 0.0601. The van der Waals surface area contributed by atoms with Crippen molar-refractivity contribution in [2.75, 3.05) is 12.4 Å². The molecule has 1 aliphatic carbocycles. The number of methoxy groups -OCH3 is 1. The van der Waals surface area contributed by atoms with Crippen LogP contribution in [0.3, 0.4) is 0 Å². The number of esters is 1. The fourth-order valence-electron chi connectivity index (χ4n) is 2.80. The third-order valence-corrected chi connectivity index (χ3v) is 3.80. The molecule has 0 fully saturated rings. The second-order valence-electron chi connectivity index (χ2n) is 5.20. The van der Waals surface area contributed by atoms with Crippen molar-refractivity contribution in [3.8, 4) is 0 Å². The van der Waals surface area contributed by atoms with E-state index in [2.05, 4.69) is 17.4 Å². The van der Waals surface area contributed by atoms with Gasteiger partial charge in [0.1, 0.15) is 5.82 Å². The molecule has 21 heavy (non-hydrogen) atoms. The summed E-state index contributed by atoms with van der Waals surface area (Å²) in [6, 6.07) is 12.6. The highest BCUT2D eigenvalue weighted by Gasteiger charge is 2.22. The minimum Gasteiger partial charge on any atom is -0.465 e. The van der Waals surface area contributed by atoms with E-state index in [4.69, 9.17) is 4.74 Å². The van der Waals surface area contributed by atoms with E-state index < -0.39 is 11.8 Å². The number of anilines is 1. The molecule has 0 aliphatic heterocycles. The molecule has 1 N–H and O–H groups in total. The van der Waals surface area contributed by atoms with Gasteiger partial charge >= 0.3 is 5.97 Å². The number of nitrogens with one attached hydrogen (secondary N) is 1. The van der Waals surface area contributed by atoms with Gasteiger partial charge in [-0.05, 0) is 42.2 Å². The fourth-order valence-corrected chi connectivity index (χ4v) is 2.80. The lowest BCUT2D eigenvalue weighted by Gasteiger charge is -2.16. The molecule has 4 heteroatoms. The molecule has 108 valence electrons. The minimum atomic E-state index is -0.535. The van der Waals surface area contributed by atoms with Gasteiger partial charge in [0.25, 0.3) is 0 Å². The van der Waals surface area contributed by atoms with Crippen LogP contribution in [0.15, 0.2) is 42.5 Å². The average Bonchev–Trinajstić information content (AvgIpc) is 2.90. The predicted octanol–water partition coefficient (Wildman–Crippen LogP) is 3.19. The largest absolute Gasteiger partial charge is 0.465 e. The summed E-state index contributed by atoms with van der Waals surface area (Å²) in [5.74, 6) is -0.983. The Balaban J connectivity index is 1.82. The molecule has 2 aromatic rings. The molecule has 0 unspecified atom stereocenters. The van der Waals surface area contributed by atoms with Crippen molar-refractivity contribution in [2.24, 2.45) is 0 Å². The van der Waals surface area contributed by atoms with Crippen LogP contribution in [0.2, 0.25) is 0 Å². The second kappa shape index (κ2) is 5.56. The first-order chi connectivity index (χ1) is 10.2. The first-order valence-electron chi connectivity index (χ1n) is 6.88. The average molecular weight is 285 g/mol. The van der Waals surface area contributed by atoms with Crippen LogP contribution in [0.5, 0.6) is 0 Å². The molecule has 0 aromatic heterocycles. The van der Waals surface area contributed by atoms with E-state index in [0.717, 1.165) is 12.8 Å². The summed E-state index contributed by atoms with van der Waals surface area (Å²) in [6.45, 7) is 0. The van der Waals surface area contributed by atoms with E-state index in [9.17, 15) is 9.18 Å². The van der Waals surface area contributed by atoms with Gasteiger partial charge in [0, 0.05) is 11.7 Å². The van der Waals surface area contributed by atoms with Crippen molar-refractivity contribution in [1.29, 1.82) is 0 Å². The van der Waals surface area contributed by atoms with E-state index in [1.54, 1.807) is 6.07 Å². The maximum Gasteiger partial charge on any atom is 0.340 e. The Labute approximate surface area is 122 Å². The zero-order valence-corrected chi connectivity index (χ0v) is 11.7. The highest BCUT2D eigenvalue weighted by Crippen LogP contribution is 2.26. The highest BCUT2D eigenvalue weighted by molar-refractivity contribution is 5.95. The van der Waals surface area contributed by atoms with E-state index in [1.165, 1.54) is 30.4 Å². The lowest BCUT2D eigenvalue weighted by atomic mass is 10.1. The topological polar surface area (TPSA) is 38.3 Å². The Kier molecular flexibility index (Phi) is 3.60. The smallest absolute Gasteiger partial charge is 0.340 e. The quantitative estimate of drug-likeness (QED) is 0.880. The van der Waals surface area contributed by atoms with Crippen LogP contribution in [0.4, 0.5) is 10.1 Å². The normalized spacial score (nSPS) is 13.8. The summed E-state index contributed by atoms with van der Waals surface area (Å²) in [6.07, 6.45) is 1.79. The molecule has 0 atom stereocenters. The van der Waals surface area contributed by atoms with Crippen LogP contribution in [0.25, 0.3) is 0 Å². The molecule has 0 radical (unpaired) electrons. The summed E-state index contributed by atoms with van der Waals surface area (Å²) in [5.41, 5.74) is 3.47. The van der Waals surface area contributed by atoms with Crippen LogP contribution >= 0.6 is 0 Å². The van der Waals surface area contributed by atoms with Gasteiger partial charge in [-0.15, -0.1) is 0 Å². The summed E-state index contributed by atoms with van der Waals surface area (Å²) in [4.78, 5) is 11.7. The number of rotatable bonds is 3. The van der Waals surface area contributed by atoms with Crippen LogP contribution in [-0.4, -0.2) is 19.1 Å². The molecule has 3 rings (SSSR count). The van der Waals surface area contributed by atoms with E-state index in [-0.39, 0.29) is 11.6 Å². The fraction of sp³-hybridized carbons (Fsp3) is 0.235. The molecule has 0 saturated heterocycles. The monoisotopic (exact) mass is 285 g/mol. The maximum absolute atomic E-state index is 13.3. The Morgan fingerprint density at radius 2 is 1.86 bits per heavy atom. The molecule has 3 nitrogen and oxygen atoms in total. The summed E-state index contributed by atoms with van der Waals surface area (Å²) >= 11 is 0. The molecule has 0 bridgehead atoms. The van der Waals surface area contributed by atoms with Crippen LogP contribution in [0, 0.1) is 5.82 Å². The molecule has 0 spiro atoms. The molecule has 0 heterocycles. The Morgan fingerprint density at radius 3 is 2.48 bits per heavy atom. The van der Waals surface area contributed by atoms with Gasteiger partial charge in [0.15, 0.2) is 0 Å². The summed E-state index contributed by atoms with van der Waals surface area (Å²) in [5, 5.41) is 3.33. The summed E-state index contributed by atoms with van der Waals surface area (Å²) in [7, 11) is 1.29. The number of carbonyl (C=O) groups is 1. The van der Waals surface area contributed by atoms with E-state index in [0.29, 0.717) is 5.69 Å². The number of benzene rings is 2.